The number of carbonyl (C=O) groups excluding carboxylic acids is 1. The SMILES string of the molecule is Cc1ccc(CN(CC(=O)NCc2ccccc2S(=O)(=O)N(C)C)C(C)C)o1. The molecule has 1 aromatic carbocycles. The first-order valence-electron chi connectivity index (χ1n) is 9.17. The lowest BCUT2D eigenvalue weighted by molar-refractivity contribution is -0.123. The topological polar surface area (TPSA) is 82.9 Å². The van der Waals surface area contributed by atoms with Gasteiger partial charge in [0.1, 0.15) is 11.5 Å². The fraction of sp³-hybridized carbons (Fsp3) is 0.450. The number of rotatable bonds is 9. The van der Waals surface area contributed by atoms with E-state index in [0.717, 1.165) is 11.5 Å². The summed E-state index contributed by atoms with van der Waals surface area (Å²) in [5.41, 5.74) is 0.558. The van der Waals surface area contributed by atoms with Crippen molar-refractivity contribution < 1.29 is 17.6 Å². The molecule has 0 bridgehead atoms. The van der Waals surface area contributed by atoms with Crippen LogP contribution in [0.4, 0.5) is 0 Å². The molecule has 2 rings (SSSR count). The molecule has 0 spiro atoms. The Hall–Kier alpha value is -2.16. The highest BCUT2D eigenvalue weighted by Crippen LogP contribution is 2.18. The van der Waals surface area contributed by atoms with Crippen LogP contribution >= 0.6 is 0 Å². The van der Waals surface area contributed by atoms with Crippen LogP contribution in [0.1, 0.15) is 30.9 Å². The Morgan fingerprint density at radius 3 is 2.39 bits per heavy atom. The predicted octanol–water partition coefficient (Wildman–Crippen LogP) is 2.37. The third kappa shape index (κ3) is 5.67. The second kappa shape index (κ2) is 9.36. The van der Waals surface area contributed by atoms with Crippen LogP contribution in [0.5, 0.6) is 0 Å². The van der Waals surface area contributed by atoms with Crippen molar-refractivity contribution in [2.75, 3.05) is 20.6 Å². The summed E-state index contributed by atoms with van der Waals surface area (Å²) in [6, 6.07) is 10.7. The van der Waals surface area contributed by atoms with Crippen molar-refractivity contribution in [3.05, 3.63) is 53.5 Å². The summed E-state index contributed by atoms with van der Waals surface area (Å²) in [6.07, 6.45) is 0. The van der Waals surface area contributed by atoms with Crippen LogP contribution in [0.2, 0.25) is 0 Å². The summed E-state index contributed by atoms with van der Waals surface area (Å²) in [5, 5.41) is 2.83. The molecule has 0 unspecified atom stereocenters. The first-order valence-corrected chi connectivity index (χ1v) is 10.6. The van der Waals surface area contributed by atoms with Gasteiger partial charge in [0.05, 0.1) is 18.0 Å². The number of benzene rings is 1. The van der Waals surface area contributed by atoms with Gasteiger partial charge in [0.25, 0.3) is 0 Å². The number of sulfonamides is 1. The van der Waals surface area contributed by atoms with Crippen LogP contribution in [0.15, 0.2) is 45.7 Å². The number of carbonyl (C=O) groups is 1. The van der Waals surface area contributed by atoms with Crippen LogP contribution in [0.25, 0.3) is 0 Å². The average Bonchev–Trinajstić information content (AvgIpc) is 3.04. The Morgan fingerprint density at radius 2 is 1.82 bits per heavy atom. The van der Waals surface area contributed by atoms with Gasteiger partial charge in [0, 0.05) is 26.7 Å². The maximum absolute atomic E-state index is 12.5. The summed E-state index contributed by atoms with van der Waals surface area (Å²) in [4.78, 5) is 14.7. The van der Waals surface area contributed by atoms with E-state index in [1.165, 1.54) is 18.4 Å². The van der Waals surface area contributed by atoms with Crippen LogP contribution in [-0.4, -0.2) is 50.2 Å². The lowest BCUT2D eigenvalue weighted by Crippen LogP contribution is -2.40. The van der Waals surface area contributed by atoms with E-state index in [2.05, 4.69) is 5.32 Å². The normalized spacial score (nSPS) is 12.1. The first-order chi connectivity index (χ1) is 13.1. The van der Waals surface area contributed by atoms with Gasteiger partial charge in [-0.3, -0.25) is 9.69 Å². The number of hydrogen-bond donors (Lipinski definition) is 1. The molecule has 0 radical (unpaired) electrons. The molecule has 28 heavy (non-hydrogen) atoms. The average molecular weight is 408 g/mol. The van der Waals surface area contributed by atoms with Gasteiger partial charge in [-0.1, -0.05) is 18.2 Å². The van der Waals surface area contributed by atoms with Crippen LogP contribution in [0, 0.1) is 6.92 Å². The van der Waals surface area contributed by atoms with Crippen LogP contribution in [-0.2, 0) is 27.9 Å². The minimum Gasteiger partial charge on any atom is -0.465 e. The lowest BCUT2D eigenvalue weighted by atomic mass is 10.2. The molecule has 1 heterocycles. The van der Waals surface area contributed by atoms with E-state index in [-0.39, 0.29) is 29.9 Å². The summed E-state index contributed by atoms with van der Waals surface area (Å²) >= 11 is 0. The van der Waals surface area contributed by atoms with Crippen molar-refractivity contribution in [2.45, 2.75) is 44.8 Å². The van der Waals surface area contributed by atoms with Gasteiger partial charge >= 0.3 is 0 Å². The Morgan fingerprint density at radius 1 is 1.14 bits per heavy atom. The van der Waals surface area contributed by atoms with E-state index in [9.17, 15) is 13.2 Å². The summed E-state index contributed by atoms with van der Waals surface area (Å²) in [6.45, 7) is 6.79. The van der Waals surface area contributed by atoms with Crippen molar-refractivity contribution in [3.8, 4) is 0 Å². The highest BCUT2D eigenvalue weighted by atomic mass is 32.2. The molecule has 0 aliphatic heterocycles. The Bertz CT molecular complexity index is 904. The van der Waals surface area contributed by atoms with Gasteiger partial charge in [-0.05, 0) is 44.5 Å². The van der Waals surface area contributed by atoms with E-state index < -0.39 is 10.0 Å². The zero-order chi connectivity index (χ0) is 20.9. The van der Waals surface area contributed by atoms with E-state index in [4.69, 9.17) is 4.42 Å². The Labute approximate surface area is 167 Å². The standard InChI is InChI=1S/C20H29N3O4S/c1-15(2)23(13-18-11-10-16(3)27-18)14-20(24)21-12-17-8-6-7-9-19(17)28(25,26)22(4)5/h6-11,15H,12-14H2,1-5H3,(H,21,24). The molecule has 1 aromatic heterocycles. The number of nitrogens with one attached hydrogen (secondary N) is 1. The third-order valence-corrected chi connectivity index (χ3v) is 6.35. The minimum atomic E-state index is -3.57. The monoisotopic (exact) mass is 407 g/mol. The quantitative estimate of drug-likeness (QED) is 0.690. The number of furan rings is 1. The molecule has 154 valence electrons. The van der Waals surface area contributed by atoms with Crippen molar-refractivity contribution in [3.63, 3.8) is 0 Å². The summed E-state index contributed by atoms with van der Waals surface area (Å²) in [7, 11) is -0.596. The maximum atomic E-state index is 12.5. The zero-order valence-electron chi connectivity index (χ0n) is 17.1. The second-order valence-electron chi connectivity index (χ2n) is 7.18. The van der Waals surface area contributed by atoms with Gasteiger partial charge < -0.3 is 9.73 Å². The summed E-state index contributed by atoms with van der Waals surface area (Å²) in [5.74, 6) is 1.47. The van der Waals surface area contributed by atoms with Crippen molar-refractivity contribution in [1.29, 1.82) is 0 Å². The molecule has 0 atom stereocenters. The molecule has 1 amide bonds. The van der Waals surface area contributed by atoms with Crippen molar-refractivity contribution in [2.24, 2.45) is 0 Å². The molecule has 2 aromatic rings. The fourth-order valence-electron chi connectivity index (χ4n) is 2.72. The molecule has 0 fully saturated rings. The lowest BCUT2D eigenvalue weighted by Gasteiger charge is -2.25. The van der Waals surface area contributed by atoms with Crippen LogP contribution in [0.3, 0.4) is 0 Å². The molecule has 1 N–H and O–H groups in total. The van der Waals surface area contributed by atoms with Crippen LogP contribution < -0.4 is 5.32 Å². The fourth-order valence-corrected chi connectivity index (χ4v) is 3.84. The van der Waals surface area contributed by atoms with Crippen molar-refractivity contribution in [1.82, 2.24) is 14.5 Å². The maximum Gasteiger partial charge on any atom is 0.242 e. The largest absolute Gasteiger partial charge is 0.465 e. The third-order valence-electron chi connectivity index (χ3n) is 4.44. The highest BCUT2D eigenvalue weighted by Gasteiger charge is 2.21. The van der Waals surface area contributed by atoms with Gasteiger partial charge in [0.2, 0.25) is 15.9 Å². The Kier molecular flexibility index (Phi) is 7.40. The molecule has 8 heteroatoms. The Balaban J connectivity index is 2.03. The van der Waals surface area contributed by atoms with Gasteiger partial charge in [-0.15, -0.1) is 0 Å². The number of hydrogen-bond acceptors (Lipinski definition) is 5. The second-order valence-corrected chi connectivity index (χ2v) is 9.30. The number of aryl methyl sites for hydroxylation is 1. The molecule has 0 saturated heterocycles. The predicted molar refractivity (Wildman–Crippen MR) is 108 cm³/mol. The molecular formula is C20H29N3O4S. The number of amides is 1. The van der Waals surface area contributed by atoms with Gasteiger partial charge in [-0.25, -0.2) is 12.7 Å². The smallest absolute Gasteiger partial charge is 0.242 e. The molecule has 0 aliphatic rings. The van der Waals surface area contributed by atoms with E-state index in [1.54, 1.807) is 24.3 Å². The van der Waals surface area contributed by atoms with Crippen molar-refractivity contribution >= 4 is 15.9 Å². The highest BCUT2D eigenvalue weighted by molar-refractivity contribution is 7.89. The van der Waals surface area contributed by atoms with E-state index in [1.807, 2.05) is 37.8 Å². The number of nitrogens with zero attached hydrogens (tertiary/aromatic N) is 2. The minimum absolute atomic E-state index is 0.147. The van der Waals surface area contributed by atoms with E-state index in [0.29, 0.717) is 12.1 Å². The summed E-state index contributed by atoms with van der Waals surface area (Å²) < 4.78 is 31.7. The zero-order valence-corrected chi connectivity index (χ0v) is 17.9. The first kappa shape index (κ1) is 22.1. The van der Waals surface area contributed by atoms with Gasteiger partial charge in [0.15, 0.2) is 0 Å². The van der Waals surface area contributed by atoms with E-state index >= 15 is 0 Å². The molecule has 0 saturated carbocycles. The molecule has 0 aliphatic carbocycles. The molecule has 7 nitrogen and oxygen atoms in total. The van der Waals surface area contributed by atoms with Gasteiger partial charge in [-0.2, -0.15) is 0 Å². The molecular weight excluding hydrogens is 378 g/mol.